The van der Waals surface area contributed by atoms with Crippen LogP contribution in [0.5, 0.6) is 5.75 Å². The van der Waals surface area contributed by atoms with Gasteiger partial charge < -0.3 is 19.7 Å². The van der Waals surface area contributed by atoms with Crippen LogP contribution in [0.1, 0.15) is 25.0 Å². The fourth-order valence-corrected chi connectivity index (χ4v) is 2.94. The summed E-state index contributed by atoms with van der Waals surface area (Å²) in [5.41, 5.74) is 1.74. The van der Waals surface area contributed by atoms with Crippen LogP contribution in [0.3, 0.4) is 0 Å². The molecule has 27 heavy (non-hydrogen) atoms. The van der Waals surface area contributed by atoms with Gasteiger partial charge in [-0.1, -0.05) is 36.4 Å². The number of anilines is 1. The van der Waals surface area contributed by atoms with Crippen LogP contribution < -0.4 is 15.0 Å². The second-order valence-corrected chi connectivity index (χ2v) is 7.03. The van der Waals surface area contributed by atoms with E-state index < -0.39 is 11.7 Å². The number of carbonyl (C=O) groups excluding carboxylic acids is 2. The number of alkyl carbamates (subject to hydrolysis) is 1. The highest BCUT2D eigenvalue weighted by atomic mass is 16.5. The fourth-order valence-electron chi connectivity index (χ4n) is 2.94. The van der Waals surface area contributed by atoms with Gasteiger partial charge in [-0.2, -0.15) is 0 Å². The van der Waals surface area contributed by atoms with Crippen molar-refractivity contribution in [2.24, 2.45) is 0 Å². The molecule has 6 heteroatoms. The van der Waals surface area contributed by atoms with E-state index in [1.165, 1.54) is 0 Å². The molecule has 0 aromatic heterocycles. The minimum absolute atomic E-state index is 0.140. The van der Waals surface area contributed by atoms with E-state index in [9.17, 15) is 9.59 Å². The fraction of sp³-hybridized carbons (Fsp3) is 0.333. The smallest absolute Gasteiger partial charge is 0.407 e. The molecular formula is C21H24N2O4. The van der Waals surface area contributed by atoms with Crippen LogP contribution in [0.4, 0.5) is 10.5 Å². The first kappa shape index (κ1) is 18.8. The third kappa shape index (κ3) is 4.39. The van der Waals surface area contributed by atoms with Crippen molar-refractivity contribution in [1.82, 2.24) is 5.32 Å². The number of rotatable bonds is 5. The van der Waals surface area contributed by atoms with Gasteiger partial charge in [-0.3, -0.25) is 4.79 Å². The number of nitrogens with one attached hydrogen (secondary N) is 1. The monoisotopic (exact) mass is 368 g/mol. The van der Waals surface area contributed by atoms with E-state index in [1.54, 1.807) is 18.7 Å². The molecule has 1 aliphatic rings. The van der Waals surface area contributed by atoms with Gasteiger partial charge in [0.15, 0.2) is 5.60 Å². The first-order chi connectivity index (χ1) is 12.9. The average Bonchev–Trinajstić information content (AvgIpc) is 2.63. The molecule has 2 aromatic rings. The number of hydrogen-bond donors (Lipinski definition) is 1. The Morgan fingerprint density at radius 2 is 1.93 bits per heavy atom. The summed E-state index contributed by atoms with van der Waals surface area (Å²) in [6.45, 7) is 6.29. The Morgan fingerprint density at radius 1 is 1.19 bits per heavy atom. The number of nitrogens with zero attached hydrogens (tertiary/aromatic N) is 1. The number of carbonyl (C=O) groups is 2. The van der Waals surface area contributed by atoms with Gasteiger partial charge in [-0.05, 0) is 44.0 Å². The molecule has 0 bridgehead atoms. The van der Waals surface area contributed by atoms with E-state index in [1.807, 2.05) is 55.5 Å². The largest absolute Gasteiger partial charge is 0.476 e. The van der Waals surface area contributed by atoms with Crippen LogP contribution >= 0.6 is 0 Å². The number of fused-ring (bicyclic) bond motifs is 1. The number of amides is 2. The Kier molecular flexibility index (Phi) is 5.35. The van der Waals surface area contributed by atoms with Crippen molar-refractivity contribution >= 4 is 17.7 Å². The molecule has 0 spiro atoms. The van der Waals surface area contributed by atoms with E-state index in [0.717, 1.165) is 11.1 Å². The Balaban J connectivity index is 1.58. The van der Waals surface area contributed by atoms with E-state index in [2.05, 4.69) is 5.32 Å². The number of aryl methyl sites for hydroxylation is 1. The third-order valence-corrected chi connectivity index (χ3v) is 4.35. The van der Waals surface area contributed by atoms with Gasteiger partial charge in [0.05, 0.1) is 5.69 Å². The molecule has 1 heterocycles. The molecule has 2 amide bonds. The van der Waals surface area contributed by atoms with Gasteiger partial charge in [0.2, 0.25) is 0 Å². The van der Waals surface area contributed by atoms with Crippen molar-refractivity contribution in [3.05, 3.63) is 59.7 Å². The lowest BCUT2D eigenvalue weighted by Crippen LogP contribution is -2.54. The first-order valence-electron chi connectivity index (χ1n) is 8.93. The number of benzene rings is 2. The minimum atomic E-state index is -0.950. The molecule has 0 unspecified atom stereocenters. The van der Waals surface area contributed by atoms with Gasteiger partial charge in [-0.25, -0.2) is 4.79 Å². The lowest BCUT2D eigenvalue weighted by molar-refractivity contribution is -0.132. The van der Waals surface area contributed by atoms with Gasteiger partial charge >= 0.3 is 6.09 Å². The summed E-state index contributed by atoms with van der Waals surface area (Å²) < 4.78 is 11.0. The van der Waals surface area contributed by atoms with E-state index in [0.29, 0.717) is 18.0 Å². The second-order valence-electron chi connectivity index (χ2n) is 7.03. The third-order valence-electron chi connectivity index (χ3n) is 4.35. The maximum absolute atomic E-state index is 12.7. The zero-order valence-corrected chi connectivity index (χ0v) is 15.8. The summed E-state index contributed by atoms with van der Waals surface area (Å²) in [6, 6.07) is 15.2. The van der Waals surface area contributed by atoms with Gasteiger partial charge in [0.25, 0.3) is 5.91 Å². The molecule has 6 nitrogen and oxygen atoms in total. The van der Waals surface area contributed by atoms with Crippen LogP contribution in [-0.4, -0.2) is 30.7 Å². The molecule has 0 radical (unpaired) electrons. The maximum Gasteiger partial charge on any atom is 0.407 e. The summed E-state index contributed by atoms with van der Waals surface area (Å²) in [4.78, 5) is 26.3. The summed E-state index contributed by atoms with van der Waals surface area (Å²) >= 11 is 0. The van der Waals surface area contributed by atoms with E-state index in [-0.39, 0.29) is 19.1 Å². The molecule has 2 aromatic carbocycles. The molecule has 0 saturated heterocycles. The van der Waals surface area contributed by atoms with Gasteiger partial charge in [0.1, 0.15) is 12.4 Å². The summed E-state index contributed by atoms with van der Waals surface area (Å²) in [7, 11) is 0. The van der Waals surface area contributed by atoms with E-state index in [4.69, 9.17) is 9.47 Å². The highest BCUT2D eigenvalue weighted by Crippen LogP contribution is 2.38. The SMILES string of the molecule is Cc1ccc2c(c1)OC(C)(C)C(=O)N2CCNC(=O)OCc1ccccc1. The zero-order valence-electron chi connectivity index (χ0n) is 15.8. The van der Waals surface area contributed by atoms with Crippen molar-refractivity contribution in [2.45, 2.75) is 33.0 Å². The van der Waals surface area contributed by atoms with Crippen LogP contribution in [0.2, 0.25) is 0 Å². The summed E-state index contributed by atoms with van der Waals surface area (Å²) in [6.07, 6.45) is -0.511. The Morgan fingerprint density at radius 3 is 2.67 bits per heavy atom. The molecule has 142 valence electrons. The average molecular weight is 368 g/mol. The maximum atomic E-state index is 12.7. The Bertz CT molecular complexity index is 833. The highest BCUT2D eigenvalue weighted by molar-refractivity contribution is 6.02. The van der Waals surface area contributed by atoms with Crippen LogP contribution in [-0.2, 0) is 16.1 Å². The predicted octanol–water partition coefficient (Wildman–Crippen LogP) is 3.43. The highest BCUT2D eigenvalue weighted by Gasteiger charge is 2.40. The topological polar surface area (TPSA) is 67.9 Å². The van der Waals surface area contributed by atoms with Crippen molar-refractivity contribution in [3.63, 3.8) is 0 Å². The lowest BCUT2D eigenvalue weighted by atomic mass is 10.0. The Hall–Kier alpha value is -3.02. The van der Waals surface area contributed by atoms with Crippen molar-refractivity contribution in [3.8, 4) is 5.75 Å². The lowest BCUT2D eigenvalue weighted by Gasteiger charge is -2.39. The van der Waals surface area contributed by atoms with Crippen molar-refractivity contribution in [2.75, 3.05) is 18.0 Å². The molecule has 1 aliphatic heterocycles. The number of ether oxygens (including phenoxy) is 2. The molecule has 1 N–H and O–H groups in total. The second kappa shape index (κ2) is 7.70. The summed E-state index contributed by atoms with van der Waals surface area (Å²) in [5, 5.41) is 2.69. The van der Waals surface area contributed by atoms with Crippen molar-refractivity contribution in [1.29, 1.82) is 0 Å². The zero-order chi connectivity index (χ0) is 19.4. The van der Waals surface area contributed by atoms with E-state index >= 15 is 0 Å². The molecule has 0 fully saturated rings. The molecule has 0 saturated carbocycles. The number of hydrogen-bond acceptors (Lipinski definition) is 4. The summed E-state index contributed by atoms with van der Waals surface area (Å²) in [5.74, 6) is 0.532. The van der Waals surface area contributed by atoms with Gasteiger partial charge in [0, 0.05) is 13.1 Å². The molecule has 3 rings (SSSR count). The van der Waals surface area contributed by atoms with Gasteiger partial charge in [-0.15, -0.1) is 0 Å². The Labute approximate surface area is 159 Å². The standard InChI is InChI=1S/C21H24N2O4/c1-15-9-10-17-18(13-15)27-21(2,3)19(24)23(17)12-11-22-20(25)26-14-16-7-5-4-6-8-16/h4-10,13H,11-12,14H2,1-3H3,(H,22,25). The normalized spacial score (nSPS) is 14.9. The van der Waals surface area contributed by atoms with Crippen LogP contribution in [0.15, 0.2) is 48.5 Å². The molecule has 0 aliphatic carbocycles. The molecule has 0 atom stereocenters. The van der Waals surface area contributed by atoms with Crippen LogP contribution in [0.25, 0.3) is 0 Å². The first-order valence-corrected chi connectivity index (χ1v) is 8.93. The predicted molar refractivity (Wildman–Crippen MR) is 103 cm³/mol. The quantitative estimate of drug-likeness (QED) is 0.878. The van der Waals surface area contributed by atoms with Crippen LogP contribution in [0, 0.1) is 6.92 Å². The van der Waals surface area contributed by atoms with Crippen molar-refractivity contribution < 1.29 is 19.1 Å². The molecular weight excluding hydrogens is 344 g/mol. The minimum Gasteiger partial charge on any atom is -0.476 e.